The lowest BCUT2D eigenvalue weighted by Gasteiger charge is -2.04. The molecule has 0 aliphatic heterocycles. The second-order valence-electron chi connectivity index (χ2n) is 3.38. The number of hydrogen-bond acceptors (Lipinski definition) is 2. The van der Waals surface area contributed by atoms with Crippen molar-refractivity contribution in [1.29, 1.82) is 0 Å². The van der Waals surface area contributed by atoms with Gasteiger partial charge in [-0.2, -0.15) is 0 Å². The lowest BCUT2D eigenvalue weighted by Crippen LogP contribution is -2.26. The van der Waals surface area contributed by atoms with E-state index in [1.165, 1.54) is 0 Å². The van der Waals surface area contributed by atoms with Crippen molar-refractivity contribution < 1.29 is 4.79 Å². The van der Waals surface area contributed by atoms with Crippen LogP contribution in [-0.2, 0) is 11.2 Å². The summed E-state index contributed by atoms with van der Waals surface area (Å²) in [4.78, 5) is 11.3. The van der Waals surface area contributed by atoms with Crippen LogP contribution < -0.4 is 5.73 Å². The van der Waals surface area contributed by atoms with E-state index in [1.807, 2.05) is 24.3 Å². The van der Waals surface area contributed by atoms with Crippen LogP contribution in [0.15, 0.2) is 28.7 Å². The monoisotopic (exact) mass is 255 g/mol. The highest BCUT2D eigenvalue weighted by Gasteiger charge is 2.07. The number of ketones is 1. The van der Waals surface area contributed by atoms with Gasteiger partial charge in [0.2, 0.25) is 0 Å². The summed E-state index contributed by atoms with van der Waals surface area (Å²) in [6.45, 7) is 1.73. The normalized spacial score (nSPS) is 12.5. The van der Waals surface area contributed by atoms with Gasteiger partial charge in [0.15, 0.2) is 0 Å². The minimum atomic E-state index is -0.345. The molecule has 1 aromatic rings. The van der Waals surface area contributed by atoms with E-state index in [9.17, 15) is 4.79 Å². The Morgan fingerprint density at radius 2 is 2.29 bits per heavy atom. The zero-order valence-electron chi connectivity index (χ0n) is 8.16. The van der Waals surface area contributed by atoms with Crippen molar-refractivity contribution >= 4 is 21.7 Å². The minimum Gasteiger partial charge on any atom is -0.322 e. The predicted molar refractivity (Wildman–Crippen MR) is 61.1 cm³/mol. The maximum atomic E-state index is 11.3. The van der Waals surface area contributed by atoms with E-state index < -0.39 is 0 Å². The Morgan fingerprint density at radius 1 is 1.57 bits per heavy atom. The Labute approximate surface area is 92.6 Å². The molecule has 14 heavy (non-hydrogen) atoms. The molecule has 2 nitrogen and oxygen atoms in total. The maximum Gasteiger partial charge on any atom is 0.149 e. The van der Waals surface area contributed by atoms with Gasteiger partial charge >= 0.3 is 0 Å². The second kappa shape index (κ2) is 5.27. The highest BCUT2D eigenvalue weighted by molar-refractivity contribution is 9.10. The summed E-state index contributed by atoms with van der Waals surface area (Å²) < 4.78 is 1.04. The lowest BCUT2D eigenvalue weighted by atomic mass is 10.1. The van der Waals surface area contributed by atoms with E-state index in [-0.39, 0.29) is 11.8 Å². The first-order chi connectivity index (χ1) is 6.59. The van der Waals surface area contributed by atoms with Crippen molar-refractivity contribution in [1.82, 2.24) is 0 Å². The van der Waals surface area contributed by atoms with Gasteiger partial charge in [0.05, 0.1) is 6.04 Å². The van der Waals surface area contributed by atoms with Gasteiger partial charge in [-0.15, -0.1) is 0 Å². The molecule has 1 rings (SSSR count). The molecule has 3 heteroatoms. The molecular weight excluding hydrogens is 242 g/mol. The SMILES string of the molecule is CC(N)C(=O)CCc1cccc(Br)c1. The Balaban J connectivity index is 2.50. The minimum absolute atomic E-state index is 0.116. The standard InChI is InChI=1S/C11H14BrNO/c1-8(13)11(14)6-5-9-3-2-4-10(12)7-9/h2-4,7-8H,5-6,13H2,1H3. The summed E-state index contributed by atoms with van der Waals surface area (Å²) in [5.74, 6) is 0.116. The molecule has 0 heterocycles. The van der Waals surface area contributed by atoms with Gasteiger partial charge in [0, 0.05) is 10.9 Å². The molecule has 76 valence electrons. The van der Waals surface area contributed by atoms with Crippen molar-refractivity contribution in [2.24, 2.45) is 5.73 Å². The molecule has 0 aromatic heterocycles. The van der Waals surface area contributed by atoms with Crippen LogP contribution in [0.25, 0.3) is 0 Å². The molecule has 0 amide bonds. The Kier molecular flexibility index (Phi) is 4.29. The molecule has 1 unspecified atom stereocenters. The Morgan fingerprint density at radius 3 is 2.86 bits per heavy atom. The summed E-state index contributed by atoms with van der Waals surface area (Å²) in [7, 11) is 0. The summed E-state index contributed by atoms with van der Waals surface area (Å²) >= 11 is 3.39. The summed E-state index contributed by atoms with van der Waals surface area (Å²) in [6.07, 6.45) is 1.29. The summed E-state index contributed by atoms with van der Waals surface area (Å²) in [5.41, 5.74) is 6.63. The molecule has 0 saturated heterocycles. The number of carbonyl (C=O) groups is 1. The Bertz CT molecular complexity index is 323. The number of hydrogen-bond donors (Lipinski definition) is 1. The third kappa shape index (κ3) is 3.60. The number of benzene rings is 1. The van der Waals surface area contributed by atoms with E-state index in [2.05, 4.69) is 15.9 Å². The van der Waals surface area contributed by atoms with Crippen molar-refractivity contribution in [2.45, 2.75) is 25.8 Å². The largest absolute Gasteiger partial charge is 0.322 e. The number of carbonyl (C=O) groups excluding carboxylic acids is 1. The van der Waals surface area contributed by atoms with Crippen molar-refractivity contribution in [3.63, 3.8) is 0 Å². The third-order valence-corrected chi connectivity index (χ3v) is 2.55. The van der Waals surface area contributed by atoms with Gasteiger partial charge in [0.25, 0.3) is 0 Å². The van der Waals surface area contributed by atoms with Crippen molar-refractivity contribution in [3.8, 4) is 0 Å². The van der Waals surface area contributed by atoms with E-state index in [1.54, 1.807) is 6.92 Å². The molecule has 1 atom stereocenters. The van der Waals surface area contributed by atoms with Crippen LogP contribution in [0.5, 0.6) is 0 Å². The van der Waals surface area contributed by atoms with E-state index in [0.29, 0.717) is 6.42 Å². The molecule has 0 aliphatic carbocycles. The van der Waals surface area contributed by atoms with Crippen LogP contribution in [-0.4, -0.2) is 11.8 Å². The molecule has 2 N–H and O–H groups in total. The van der Waals surface area contributed by atoms with Gasteiger partial charge in [-0.25, -0.2) is 0 Å². The van der Waals surface area contributed by atoms with Crippen LogP contribution >= 0.6 is 15.9 Å². The zero-order valence-corrected chi connectivity index (χ0v) is 9.75. The first kappa shape index (κ1) is 11.4. The maximum absolute atomic E-state index is 11.3. The number of nitrogens with two attached hydrogens (primary N) is 1. The fourth-order valence-corrected chi connectivity index (χ4v) is 1.63. The fourth-order valence-electron chi connectivity index (χ4n) is 1.19. The van der Waals surface area contributed by atoms with Crippen molar-refractivity contribution in [2.75, 3.05) is 0 Å². The second-order valence-corrected chi connectivity index (χ2v) is 4.30. The molecule has 0 radical (unpaired) electrons. The molecule has 0 fully saturated rings. The molecule has 0 saturated carbocycles. The first-order valence-electron chi connectivity index (χ1n) is 4.62. The van der Waals surface area contributed by atoms with Gasteiger partial charge in [0.1, 0.15) is 5.78 Å². The van der Waals surface area contributed by atoms with Crippen LogP contribution in [0.1, 0.15) is 18.9 Å². The number of halogens is 1. The molecule has 0 spiro atoms. The summed E-state index contributed by atoms with van der Waals surface area (Å²) in [5, 5.41) is 0. The number of Topliss-reactive ketones (excluding diaryl/α,β-unsaturated/α-hetero) is 1. The van der Waals surface area contributed by atoms with Crippen molar-refractivity contribution in [3.05, 3.63) is 34.3 Å². The van der Waals surface area contributed by atoms with Crippen LogP contribution in [0.2, 0.25) is 0 Å². The van der Waals surface area contributed by atoms with Gasteiger partial charge in [-0.1, -0.05) is 28.1 Å². The molecular formula is C11H14BrNO. The van der Waals surface area contributed by atoms with E-state index in [4.69, 9.17) is 5.73 Å². The quantitative estimate of drug-likeness (QED) is 0.898. The highest BCUT2D eigenvalue weighted by atomic mass is 79.9. The van der Waals surface area contributed by atoms with Gasteiger partial charge < -0.3 is 5.73 Å². The zero-order chi connectivity index (χ0) is 10.6. The van der Waals surface area contributed by atoms with Gasteiger partial charge in [-0.05, 0) is 31.0 Å². The number of rotatable bonds is 4. The van der Waals surface area contributed by atoms with Crippen LogP contribution in [0.4, 0.5) is 0 Å². The fraction of sp³-hybridized carbons (Fsp3) is 0.364. The average molecular weight is 256 g/mol. The molecule has 0 bridgehead atoms. The van der Waals surface area contributed by atoms with Gasteiger partial charge in [-0.3, -0.25) is 4.79 Å². The first-order valence-corrected chi connectivity index (χ1v) is 5.41. The Hall–Kier alpha value is -0.670. The topological polar surface area (TPSA) is 43.1 Å². The van der Waals surface area contributed by atoms with E-state index in [0.717, 1.165) is 16.5 Å². The highest BCUT2D eigenvalue weighted by Crippen LogP contribution is 2.13. The number of aryl methyl sites for hydroxylation is 1. The lowest BCUT2D eigenvalue weighted by molar-refractivity contribution is -0.119. The third-order valence-electron chi connectivity index (χ3n) is 2.06. The summed E-state index contributed by atoms with van der Waals surface area (Å²) in [6, 6.07) is 7.63. The van der Waals surface area contributed by atoms with Crippen LogP contribution in [0, 0.1) is 0 Å². The smallest absolute Gasteiger partial charge is 0.149 e. The molecule has 0 aliphatic rings. The predicted octanol–water partition coefficient (Wildman–Crippen LogP) is 2.30. The molecule has 1 aromatic carbocycles. The van der Waals surface area contributed by atoms with E-state index >= 15 is 0 Å². The average Bonchev–Trinajstić information content (AvgIpc) is 2.14. The van der Waals surface area contributed by atoms with Crippen LogP contribution in [0.3, 0.4) is 0 Å².